The second kappa shape index (κ2) is 6.48. The predicted molar refractivity (Wildman–Crippen MR) is 83.7 cm³/mol. The fourth-order valence-corrected chi connectivity index (χ4v) is 1.99. The molecule has 0 spiro atoms. The first-order valence-corrected chi connectivity index (χ1v) is 6.46. The highest BCUT2D eigenvalue weighted by molar-refractivity contribution is 6.22. The van der Waals surface area contributed by atoms with Gasteiger partial charge in [0.2, 0.25) is 0 Å². The second-order valence-electron chi connectivity index (χ2n) is 4.34. The van der Waals surface area contributed by atoms with Gasteiger partial charge < -0.3 is 0 Å². The molecule has 1 aromatic rings. The number of imide groups is 1. The first-order valence-electron chi connectivity index (χ1n) is 6.46. The van der Waals surface area contributed by atoms with Gasteiger partial charge in [0, 0.05) is 6.20 Å². The molecule has 0 bridgehead atoms. The SMILES string of the molecule is C=C\C=C/C(/C=C/N1C(=O)c2ccccc2C1=O)=C\C=C. The molecule has 1 aliphatic heterocycles. The molecule has 0 aromatic heterocycles. The first-order chi connectivity index (χ1) is 10.2. The Morgan fingerprint density at radius 1 is 0.952 bits per heavy atom. The van der Waals surface area contributed by atoms with E-state index in [4.69, 9.17) is 0 Å². The summed E-state index contributed by atoms with van der Waals surface area (Å²) in [5.74, 6) is -0.616. The van der Waals surface area contributed by atoms with Crippen LogP contribution in [0.2, 0.25) is 0 Å². The van der Waals surface area contributed by atoms with Crippen LogP contribution < -0.4 is 0 Å². The predicted octanol–water partition coefficient (Wildman–Crippen LogP) is 3.65. The van der Waals surface area contributed by atoms with Crippen molar-refractivity contribution in [2.24, 2.45) is 0 Å². The van der Waals surface area contributed by atoms with Crippen LogP contribution >= 0.6 is 0 Å². The van der Waals surface area contributed by atoms with E-state index in [0.29, 0.717) is 11.1 Å². The molecule has 1 heterocycles. The molecule has 21 heavy (non-hydrogen) atoms. The molecular weight excluding hydrogens is 262 g/mol. The number of rotatable bonds is 5. The van der Waals surface area contributed by atoms with Crippen LogP contribution in [0, 0.1) is 0 Å². The lowest BCUT2D eigenvalue weighted by Gasteiger charge is -2.06. The minimum absolute atomic E-state index is 0.308. The van der Waals surface area contributed by atoms with Crippen molar-refractivity contribution < 1.29 is 9.59 Å². The monoisotopic (exact) mass is 277 g/mol. The number of carbonyl (C=O) groups excluding carboxylic acids is 2. The summed E-state index contributed by atoms with van der Waals surface area (Å²) in [5.41, 5.74) is 1.67. The van der Waals surface area contributed by atoms with E-state index in [2.05, 4.69) is 13.2 Å². The van der Waals surface area contributed by atoms with Crippen molar-refractivity contribution in [1.82, 2.24) is 4.90 Å². The third-order valence-electron chi connectivity index (χ3n) is 2.98. The second-order valence-corrected chi connectivity index (χ2v) is 4.34. The van der Waals surface area contributed by atoms with Gasteiger partial charge in [0.05, 0.1) is 11.1 Å². The molecule has 0 fully saturated rings. The summed E-state index contributed by atoms with van der Waals surface area (Å²) < 4.78 is 0. The number of nitrogens with zero attached hydrogens (tertiary/aromatic N) is 1. The van der Waals surface area contributed by atoms with Crippen molar-refractivity contribution in [2.45, 2.75) is 0 Å². The molecular formula is C18H15NO2. The van der Waals surface area contributed by atoms with Crippen molar-refractivity contribution >= 4 is 11.8 Å². The lowest BCUT2D eigenvalue weighted by Crippen LogP contribution is -2.23. The van der Waals surface area contributed by atoms with Gasteiger partial charge in [0.15, 0.2) is 0 Å². The molecule has 1 aromatic carbocycles. The number of carbonyl (C=O) groups is 2. The van der Waals surface area contributed by atoms with E-state index >= 15 is 0 Å². The maximum absolute atomic E-state index is 12.2. The highest BCUT2D eigenvalue weighted by Crippen LogP contribution is 2.22. The Morgan fingerprint density at radius 3 is 2.10 bits per heavy atom. The highest BCUT2D eigenvalue weighted by atomic mass is 16.2. The molecule has 104 valence electrons. The van der Waals surface area contributed by atoms with Gasteiger partial charge in [-0.1, -0.05) is 55.7 Å². The molecule has 3 nitrogen and oxygen atoms in total. The number of allylic oxidation sites excluding steroid dienone is 7. The van der Waals surface area contributed by atoms with E-state index in [1.807, 2.05) is 6.08 Å². The van der Waals surface area contributed by atoms with Crippen LogP contribution in [0.25, 0.3) is 0 Å². The third-order valence-corrected chi connectivity index (χ3v) is 2.98. The number of fused-ring (bicyclic) bond motifs is 1. The van der Waals surface area contributed by atoms with Gasteiger partial charge in [0.25, 0.3) is 11.8 Å². The van der Waals surface area contributed by atoms with Crippen molar-refractivity contribution in [2.75, 3.05) is 0 Å². The zero-order chi connectivity index (χ0) is 15.2. The molecule has 0 atom stereocenters. The Hall–Kier alpha value is -2.94. The maximum Gasteiger partial charge on any atom is 0.265 e. The van der Waals surface area contributed by atoms with Crippen molar-refractivity contribution in [3.63, 3.8) is 0 Å². The maximum atomic E-state index is 12.2. The molecule has 0 saturated heterocycles. The van der Waals surface area contributed by atoms with E-state index < -0.39 is 0 Å². The van der Waals surface area contributed by atoms with Crippen LogP contribution in [0.4, 0.5) is 0 Å². The third kappa shape index (κ3) is 2.98. The molecule has 0 saturated carbocycles. The molecule has 1 aliphatic rings. The Morgan fingerprint density at radius 2 is 1.57 bits per heavy atom. The van der Waals surface area contributed by atoms with Crippen molar-refractivity contribution in [3.05, 3.63) is 96.8 Å². The summed E-state index contributed by atoms with van der Waals surface area (Å²) in [4.78, 5) is 25.5. The Kier molecular flexibility index (Phi) is 4.46. The molecule has 3 heteroatoms. The molecule has 2 amide bonds. The van der Waals surface area contributed by atoms with Gasteiger partial charge >= 0.3 is 0 Å². The Labute approximate surface area is 123 Å². The standard InChI is InChI=1S/C18H15NO2/c1-3-5-9-14(8-4-2)12-13-19-17(20)15-10-6-7-11-16(15)18(19)21/h3-13H,1-2H2/b9-5-,13-12+,14-8+. The largest absolute Gasteiger partial charge is 0.268 e. The lowest BCUT2D eigenvalue weighted by atomic mass is 10.1. The highest BCUT2D eigenvalue weighted by Gasteiger charge is 2.33. The normalized spacial score (nSPS) is 15.0. The number of hydrogen-bond donors (Lipinski definition) is 0. The molecule has 0 radical (unpaired) electrons. The van der Waals surface area contributed by atoms with Gasteiger partial charge in [-0.05, 0) is 23.8 Å². The average Bonchev–Trinajstić information content (AvgIpc) is 2.75. The minimum atomic E-state index is -0.308. The number of benzene rings is 1. The minimum Gasteiger partial charge on any atom is -0.268 e. The molecule has 2 rings (SSSR count). The van der Waals surface area contributed by atoms with Crippen LogP contribution in [0.3, 0.4) is 0 Å². The topological polar surface area (TPSA) is 37.4 Å². The molecule has 0 aliphatic carbocycles. The van der Waals surface area contributed by atoms with Crippen LogP contribution in [0.15, 0.2) is 85.7 Å². The van der Waals surface area contributed by atoms with Crippen LogP contribution in [-0.2, 0) is 0 Å². The van der Waals surface area contributed by atoms with Gasteiger partial charge in [-0.25, -0.2) is 4.90 Å². The van der Waals surface area contributed by atoms with Gasteiger partial charge in [-0.2, -0.15) is 0 Å². The summed E-state index contributed by atoms with van der Waals surface area (Å²) in [5, 5.41) is 0. The van der Waals surface area contributed by atoms with Crippen molar-refractivity contribution in [1.29, 1.82) is 0 Å². The van der Waals surface area contributed by atoms with Crippen LogP contribution in [0.1, 0.15) is 20.7 Å². The summed E-state index contributed by atoms with van der Waals surface area (Å²) >= 11 is 0. The van der Waals surface area contributed by atoms with E-state index in [0.717, 1.165) is 10.5 Å². The van der Waals surface area contributed by atoms with Gasteiger partial charge in [0.1, 0.15) is 0 Å². The van der Waals surface area contributed by atoms with Crippen molar-refractivity contribution in [3.8, 4) is 0 Å². The number of hydrogen-bond acceptors (Lipinski definition) is 2. The number of amides is 2. The summed E-state index contributed by atoms with van der Waals surface area (Å²) in [6.45, 7) is 7.23. The van der Waals surface area contributed by atoms with Crippen LogP contribution in [0.5, 0.6) is 0 Å². The average molecular weight is 277 g/mol. The summed E-state index contributed by atoms with van der Waals surface area (Å²) in [6, 6.07) is 6.79. The summed E-state index contributed by atoms with van der Waals surface area (Å²) in [6.07, 6.45) is 11.8. The van der Waals surface area contributed by atoms with E-state index in [-0.39, 0.29) is 11.8 Å². The van der Waals surface area contributed by atoms with Crippen LogP contribution in [-0.4, -0.2) is 16.7 Å². The first kappa shape index (κ1) is 14.5. The van der Waals surface area contributed by atoms with Gasteiger partial charge in [-0.3, -0.25) is 9.59 Å². The quantitative estimate of drug-likeness (QED) is 0.608. The lowest BCUT2D eigenvalue weighted by molar-refractivity contribution is 0.0721. The zero-order valence-electron chi connectivity index (χ0n) is 11.5. The molecule has 0 unspecified atom stereocenters. The van der Waals surface area contributed by atoms with E-state index in [1.165, 1.54) is 6.20 Å². The smallest absolute Gasteiger partial charge is 0.265 e. The molecule has 0 N–H and O–H groups in total. The Balaban J connectivity index is 2.27. The summed E-state index contributed by atoms with van der Waals surface area (Å²) in [7, 11) is 0. The Bertz CT molecular complexity index is 658. The van der Waals surface area contributed by atoms with Gasteiger partial charge in [-0.15, -0.1) is 0 Å². The fraction of sp³-hybridized carbons (Fsp3) is 0. The van der Waals surface area contributed by atoms with E-state index in [9.17, 15) is 9.59 Å². The van der Waals surface area contributed by atoms with E-state index in [1.54, 1.807) is 54.6 Å². The fourth-order valence-electron chi connectivity index (χ4n) is 1.99. The zero-order valence-corrected chi connectivity index (χ0v) is 11.5.